The normalized spacial score (nSPS) is 17.9. The Kier molecular flexibility index (Phi) is 6.89. The first-order chi connectivity index (χ1) is 18.1. The van der Waals surface area contributed by atoms with Gasteiger partial charge in [-0.3, -0.25) is 9.89 Å². The molecule has 3 aromatic heterocycles. The van der Waals surface area contributed by atoms with Crippen molar-refractivity contribution in [2.24, 2.45) is 0 Å². The summed E-state index contributed by atoms with van der Waals surface area (Å²) >= 11 is 0. The number of H-pyrrole nitrogens is 1. The maximum Gasteiger partial charge on any atom is 0.408 e. The standard InChI is InChI=1S/C26H37N9O3/c1-18-17-20(31-30-18)27-21-19-9-8-12-35(19)32-23(28-21)34-15-13-33(14-16-34)22(36)26(10-6-5-7-11-26)29-24(37)38-25(2,3)4/h8-9,12,17H,5-7,10-11,13-16H2,1-4H3,(H,29,37)(H2,27,28,30,31,32). The van der Waals surface area contributed by atoms with Crippen LogP contribution in [0.4, 0.5) is 22.4 Å². The molecule has 4 heterocycles. The number of nitrogens with zero attached hydrogens (tertiary/aromatic N) is 6. The number of amides is 2. The van der Waals surface area contributed by atoms with Crippen molar-refractivity contribution in [3.05, 3.63) is 30.1 Å². The summed E-state index contributed by atoms with van der Waals surface area (Å²) in [6, 6.07) is 5.79. The number of carbonyl (C=O) groups is 2. The van der Waals surface area contributed by atoms with Gasteiger partial charge in [0.15, 0.2) is 11.6 Å². The van der Waals surface area contributed by atoms with Gasteiger partial charge in [0, 0.05) is 44.1 Å². The molecule has 2 amide bonds. The van der Waals surface area contributed by atoms with Crippen molar-refractivity contribution in [2.75, 3.05) is 36.4 Å². The molecule has 0 aromatic carbocycles. The predicted octanol–water partition coefficient (Wildman–Crippen LogP) is 3.38. The fourth-order valence-corrected chi connectivity index (χ4v) is 5.21. The third kappa shape index (κ3) is 5.53. The van der Waals surface area contributed by atoms with Gasteiger partial charge in [0.2, 0.25) is 11.9 Å². The van der Waals surface area contributed by atoms with Crippen LogP contribution in [0.25, 0.3) is 5.52 Å². The summed E-state index contributed by atoms with van der Waals surface area (Å²) in [6.07, 6.45) is 5.46. The maximum atomic E-state index is 13.8. The second-order valence-electron chi connectivity index (χ2n) is 11.2. The lowest BCUT2D eigenvalue weighted by molar-refractivity contribution is -0.140. The molecule has 3 aromatic rings. The van der Waals surface area contributed by atoms with Crippen LogP contribution >= 0.6 is 0 Å². The minimum absolute atomic E-state index is 0.0271. The molecule has 204 valence electrons. The van der Waals surface area contributed by atoms with Crippen LogP contribution in [0.1, 0.15) is 58.6 Å². The molecule has 12 heteroatoms. The quantitative estimate of drug-likeness (QED) is 0.464. The van der Waals surface area contributed by atoms with Crippen LogP contribution in [-0.2, 0) is 9.53 Å². The van der Waals surface area contributed by atoms with E-state index in [9.17, 15) is 9.59 Å². The molecule has 2 fully saturated rings. The highest BCUT2D eigenvalue weighted by Gasteiger charge is 2.45. The lowest BCUT2D eigenvalue weighted by Gasteiger charge is -2.43. The Morgan fingerprint density at radius 1 is 1.11 bits per heavy atom. The van der Waals surface area contributed by atoms with Crippen LogP contribution in [0.5, 0.6) is 0 Å². The molecule has 12 nitrogen and oxygen atoms in total. The highest BCUT2D eigenvalue weighted by molar-refractivity contribution is 5.90. The lowest BCUT2D eigenvalue weighted by atomic mass is 9.80. The molecule has 3 N–H and O–H groups in total. The zero-order valence-corrected chi connectivity index (χ0v) is 22.6. The molecule has 0 radical (unpaired) electrons. The van der Waals surface area contributed by atoms with Gasteiger partial charge >= 0.3 is 6.09 Å². The van der Waals surface area contributed by atoms with Gasteiger partial charge in [-0.1, -0.05) is 19.3 Å². The number of aromatic amines is 1. The Bertz CT molecular complexity index is 1290. The zero-order chi connectivity index (χ0) is 26.9. The van der Waals surface area contributed by atoms with Crippen LogP contribution in [0.3, 0.4) is 0 Å². The number of anilines is 3. The van der Waals surface area contributed by atoms with E-state index in [1.54, 1.807) is 4.52 Å². The van der Waals surface area contributed by atoms with Gasteiger partial charge in [-0.2, -0.15) is 10.1 Å². The van der Waals surface area contributed by atoms with Gasteiger partial charge in [0.05, 0.1) is 0 Å². The van der Waals surface area contributed by atoms with E-state index < -0.39 is 17.2 Å². The Morgan fingerprint density at radius 2 is 1.84 bits per heavy atom. The largest absolute Gasteiger partial charge is 0.444 e. The van der Waals surface area contributed by atoms with Crippen molar-refractivity contribution in [3.63, 3.8) is 0 Å². The second kappa shape index (κ2) is 10.1. The fourth-order valence-electron chi connectivity index (χ4n) is 5.21. The van der Waals surface area contributed by atoms with E-state index in [4.69, 9.17) is 14.8 Å². The van der Waals surface area contributed by atoms with Gasteiger partial charge in [-0.05, 0) is 52.7 Å². The summed E-state index contributed by atoms with van der Waals surface area (Å²) in [5.74, 6) is 1.89. The summed E-state index contributed by atoms with van der Waals surface area (Å²) in [5, 5.41) is 18.1. The molecule has 0 bridgehead atoms. The first kappa shape index (κ1) is 25.8. The molecule has 0 spiro atoms. The third-order valence-electron chi connectivity index (χ3n) is 7.04. The molecule has 2 aliphatic rings. The first-order valence-corrected chi connectivity index (χ1v) is 13.3. The number of nitrogens with one attached hydrogen (secondary N) is 3. The molecule has 1 aliphatic heterocycles. The number of hydrogen-bond acceptors (Lipinski definition) is 8. The molecule has 0 atom stereocenters. The van der Waals surface area contributed by atoms with Crippen molar-refractivity contribution in [3.8, 4) is 0 Å². The van der Waals surface area contributed by atoms with Gasteiger partial charge in [-0.25, -0.2) is 9.31 Å². The van der Waals surface area contributed by atoms with E-state index >= 15 is 0 Å². The highest BCUT2D eigenvalue weighted by atomic mass is 16.6. The number of hydrogen-bond donors (Lipinski definition) is 3. The molecular weight excluding hydrogens is 486 g/mol. The van der Waals surface area contributed by atoms with Gasteiger partial charge < -0.3 is 25.2 Å². The fraction of sp³-hybridized carbons (Fsp3) is 0.577. The van der Waals surface area contributed by atoms with Crippen molar-refractivity contribution < 1.29 is 14.3 Å². The second-order valence-corrected chi connectivity index (χ2v) is 11.2. The number of aromatic nitrogens is 5. The average Bonchev–Trinajstić information content (AvgIpc) is 3.51. The minimum Gasteiger partial charge on any atom is -0.444 e. The van der Waals surface area contributed by atoms with Gasteiger partial charge in [0.25, 0.3) is 0 Å². The van der Waals surface area contributed by atoms with E-state index in [-0.39, 0.29) is 5.91 Å². The average molecular weight is 524 g/mol. The van der Waals surface area contributed by atoms with E-state index in [2.05, 4.69) is 25.7 Å². The Balaban J connectivity index is 1.29. The molecule has 1 saturated heterocycles. The van der Waals surface area contributed by atoms with Crippen LogP contribution < -0.4 is 15.5 Å². The first-order valence-electron chi connectivity index (χ1n) is 13.3. The predicted molar refractivity (Wildman–Crippen MR) is 144 cm³/mol. The summed E-state index contributed by atoms with van der Waals surface area (Å²) < 4.78 is 7.30. The van der Waals surface area contributed by atoms with Crippen LogP contribution in [0, 0.1) is 6.92 Å². The van der Waals surface area contributed by atoms with Gasteiger partial charge in [-0.15, -0.1) is 5.10 Å². The number of fused-ring (bicyclic) bond motifs is 1. The van der Waals surface area contributed by atoms with E-state index in [1.165, 1.54) is 0 Å². The number of piperazine rings is 1. The molecular formula is C26H37N9O3. The number of aryl methyl sites for hydroxylation is 1. The zero-order valence-electron chi connectivity index (χ0n) is 22.6. The summed E-state index contributed by atoms with van der Waals surface area (Å²) in [5.41, 5.74) is 0.253. The molecule has 1 aliphatic carbocycles. The number of alkyl carbamates (subject to hydrolysis) is 1. The molecule has 5 rings (SSSR count). The van der Waals surface area contributed by atoms with E-state index in [0.717, 1.165) is 30.5 Å². The number of ether oxygens (including phenoxy) is 1. The smallest absolute Gasteiger partial charge is 0.408 e. The summed E-state index contributed by atoms with van der Waals surface area (Å²) in [6.45, 7) is 9.62. The molecule has 0 unspecified atom stereocenters. The monoisotopic (exact) mass is 523 g/mol. The summed E-state index contributed by atoms with van der Waals surface area (Å²) in [7, 11) is 0. The Morgan fingerprint density at radius 3 is 2.50 bits per heavy atom. The maximum absolute atomic E-state index is 13.8. The van der Waals surface area contributed by atoms with Crippen molar-refractivity contribution in [1.29, 1.82) is 0 Å². The summed E-state index contributed by atoms with van der Waals surface area (Å²) in [4.78, 5) is 35.2. The Labute approximate surface area is 222 Å². The van der Waals surface area contributed by atoms with Crippen LogP contribution in [0.15, 0.2) is 24.4 Å². The van der Waals surface area contributed by atoms with E-state index in [0.29, 0.717) is 56.6 Å². The SMILES string of the molecule is Cc1cc(Nc2nc(N3CCN(C(=O)C4(NC(=O)OC(C)(C)C)CCCCC4)CC3)nn3cccc23)n[nH]1. The van der Waals surface area contributed by atoms with Crippen molar-refractivity contribution in [2.45, 2.75) is 70.9 Å². The van der Waals surface area contributed by atoms with Crippen LogP contribution in [-0.4, -0.2) is 79.0 Å². The van der Waals surface area contributed by atoms with Crippen LogP contribution in [0.2, 0.25) is 0 Å². The van der Waals surface area contributed by atoms with Crippen molar-refractivity contribution in [1.82, 2.24) is 35.0 Å². The van der Waals surface area contributed by atoms with Crippen molar-refractivity contribution >= 4 is 35.1 Å². The Hall–Kier alpha value is -3.83. The lowest BCUT2D eigenvalue weighted by Crippen LogP contribution is -2.63. The third-order valence-corrected chi connectivity index (χ3v) is 7.04. The van der Waals surface area contributed by atoms with E-state index in [1.807, 2.05) is 57.0 Å². The van der Waals surface area contributed by atoms with Gasteiger partial charge in [0.1, 0.15) is 16.7 Å². The number of rotatable bonds is 5. The minimum atomic E-state index is -0.915. The number of carbonyl (C=O) groups excluding carboxylic acids is 2. The highest BCUT2D eigenvalue weighted by Crippen LogP contribution is 2.31. The topological polar surface area (TPSA) is 133 Å². The molecule has 1 saturated carbocycles. The molecule has 38 heavy (non-hydrogen) atoms.